The molecule has 0 saturated carbocycles. The Morgan fingerprint density at radius 2 is 0.762 bits per heavy atom. The number of nitrogens with one attached hydrogen (secondary N) is 1. The van der Waals surface area contributed by atoms with E-state index >= 15 is 0 Å². The van der Waals surface area contributed by atoms with Gasteiger partial charge >= 0.3 is 34.7 Å². The van der Waals surface area contributed by atoms with Gasteiger partial charge in [0, 0.05) is 16.4 Å². The number of aromatic nitrogens is 1. The van der Waals surface area contributed by atoms with Crippen LogP contribution in [0.1, 0.15) is 19.4 Å². The van der Waals surface area contributed by atoms with Crippen LogP contribution in [0.25, 0.3) is 5.09 Å². The number of halogens is 3. The molecule has 0 fully saturated rings. The molecule has 320 valence electrons. The molecule has 3 nitrogen and oxygen atoms in total. The van der Waals surface area contributed by atoms with Gasteiger partial charge in [-0.1, -0.05) is 243 Å². The van der Waals surface area contributed by atoms with E-state index in [1.807, 2.05) is 48.5 Å². The average molecular weight is 997 g/mol. The van der Waals surface area contributed by atoms with Crippen molar-refractivity contribution in [3.8, 4) is 0 Å². The Hall–Kier alpha value is -3.49. The average Bonchev–Trinajstić information content (AvgIpc) is 3.31. The SMILES string of the molecule is CCP(c1ccccc1)c1ccccc1.Cc1ccccc1.[Al+3].[CH2-]C.[Cl-].[Cl-].[Cl-].[Cr+2].c1ccc(P([N-]c2cccc(NP(c3ccccc3)c3ccccc3)n2)c2ccccc2)cc1. The summed E-state index contributed by atoms with van der Waals surface area (Å²) >= 11 is 0. The Balaban J connectivity index is 0.00000111. The second-order valence-corrected chi connectivity index (χ2v) is 19.0. The number of anilines is 1. The zero-order chi connectivity index (χ0) is 40.6. The molecule has 0 bridgehead atoms. The van der Waals surface area contributed by atoms with E-state index < -0.39 is 16.1 Å². The Morgan fingerprint density at radius 3 is 1.08 bits per heavy atom. The number of aryl methyl sites for hydroxylation is 1. The van der Waals surface area contributed by atoms with Gasteiger partial charge in [-0.2, -0.15) is 6.92 Å². The maximum Gasteiger partial charge on any atom is 3.00 e. The van der Waals surface area contributed by atoms with Gasteiger partial charge in [0.2, 0.25) is 0 Å². The smallest absolute Gasteiger partial charge is 1.00 e. The topological polar surface area (TPSA) is 39.0 Å². The van der Waals surface area contributed by atoms with E-state index in [-0.39, 0.29) is 79.9 Å². The molecule has 0 aliphatic heterocycles. The second kappa shape index (κ2) is 34.9. The molecule has 0 spiro atoms. The molecule has 0 amide bonds. The van der Waals surface area contributed by atoms with Gasteiger partial charge in [0.25, 0.3) is 0 Å². The molecule has 8 rings (SSSR count). The molecule has 0 radical (unpaired) electrons. The molecule has 0 saturated heterocycles. The van der Waals surface area contributed by atoms with Crippen LogP contribution in [-0.2, 0) is 17.4 Å². The molecule has 0 aliphatic rings. The normalized spacial score (nSPS) is 9.44. The van der Waals surface area contributed by atoms with E-state index in [0.717, 1.165) is 11.6 Å². The van der Waals surface area contributed by atoms with Crippen LogP contribution in [0.5, 0.6) is 0 Å². The van der Waals surface area contributed by atoms with Crippen molar-refractivity contribution in [2.75, 3.05) is 11.2 Å². The molecule has 1 heterocycles. The monoisotopic (exact) mass is 995 g/mol. The molecule has 0 unspecified atom stereocenters. The first-order valence-electron chi connectivity index (χ1n) is 19.5. The van der Waals surface area contributed by atoms with Crippen molar-refractivity contribution < 1.29 is 54.6 Å². The fourth-order valence-corrected chi connectivity index (χ4v) is 11.6. The number of pyridine rings is 1. The van der Waals surface area contributed by atoms with E-state index in [4.69, 9.17) is 10.1 Å². The molecule has 8 aromatic rings. The number of hydrogen-bond acceptors (Lipinski definition) is 2. The summed E-state index contributed by atoms with van der Waals surface area (Å²) in [7, 11) is -1.85. The van der Waals surface area contributed by atoms with E-state index in [0.29, 0.717) is 0 Å². The summed E-state index contributed by atoms with van der Waals surface area (Å²) in [6.07, 6.45) is 1.21. The van der Waals surface area contributed by atoms with Gasteiger partial charge in [0.05, 0.1) is 8.07 Å². The van der Waals surface area contributed by atoms with Gasteiger partial charge in [0.15, 0.2) is 0 Å². The van der Waals surface area contributed by atoms with Gasteiger partial charge in [-0.05, 0) is 56.4 Å². The Morgan fingerprint density at radius 1 is 0.444 bits per heavy atom. The van der Waals surface area contributed by atoms with Crippen molar-refractivity contribution in [3.63, 3.8) is 0 Å². The van der Waals surface area contributed by atoms with Crippen LogP contribution >= 0.6 is 24.1 Å². The minimum absolute atomic E-state index is 0. The molecule has 0 atom stereocenters. The van der Waals surface area contributed by atoms with Crippen LogP contribution in [0.3, 0.4) is 0 Å². The molecule has 7 aromatic carbocycles. The first-order valence-corrected chi connectivity index (χ1v) is 23.7. The van der Waals surface area contributed by atoms with Gasteiger partial charge in [0.1, 0.15) is 0 Å². The molecule has 1 N–H and O–H groups in total. The summed E-state index contributed by atoms with van der Waals surface area (Å²) < 4.78 is 0. The fourth-order valence-electron chi connectivity index (χ4n) is 5.86. The van der Waals surface area contributed by atoms with Crippen LogP contribution in [-0.4, -0.2) is 28.5 Å². The van der Waals surface area contributed by atoms with E-state index in [2.05, 4.69) is 208 Å². The first-order chi connectivity index (χ1) is 28.7. The second-order valence-electron chi connectivity index (χ2n) is 12.7. The maximum absolute atomic E-state index is 5.13. The van der Waals surface area contributed by atoms with Gasteiger partial charge < -0.3 is 59.3 Å². The molecule has 63 heavy (non-hydrogen) atoms. The molecular formula is C52H52AlCl3CrN3P3. The van der Waals surface area contributed by atoms with Crippen LogP contribution in [0, 0.1) is 13.8 Å². The molecule has 0 aliphatic carbocycles. The van der Waals surface area contributed by atoms with E-state index in [9.17, 15) is 0 Å². The minimum Gasteiger partial charge on any atom is -1.00 e. The third-order valence-corrected chi connectivity index (χ3v) is 15.1. The quantitative estimate of drug-likeness (QED) is 0.123. The molecule has 11 heteroatoms. The molecular weight excluding hydrogens is 945 g/mol. The van der Waals surface area contributed by atoms with Crippen molar-refractivity contribution >= 4 is 84.9 Å². The van der Waals surface area contributed by atoms with E-state index in [1.165, 1.54) is 43.6 Å². The third kappa shape index (κ3) is 20.1. The summed E-state index contributed by atoms with van der Waals surface area (Å²) in [5, 5.41) is 16.7. The largest absolute Gasteiger partial charge is 3.00 e. The minimum atomic E-state index is -0.908. The zero-order valence-electron chi connectivity index (χ0n) is 35.7. The van der Waals surface area contributed by atoms with Crippen molar-refractivity contribution in [1.82, 2.24) is 4.98 Å². The first kappa shape index (κ1) is 59.5. The predicted molar refractivity (Wildman–Crippen MR) is 267 cm³/mol. The van der Waals surface area contributed by atoms with Crippen molar-refractivity contribution in [2.45, 2.75) is 20.8 Å². The Labute approximate surface area is 421 Å². The number of nitrogens with zero attached hydrogens (tertiary/aromatic N) is 2. The summed E-state index contributed by atoms with van der Waals surface area (Å²) in [5.74, 6) is 1.57. The van der Waals surface area contributed by atoms with Gasteiger partial charge in [-0.3, -0.25) is 0 Å². The van der Waals surface area contributed by atoms with Gasteiger partial charge in [-0.15, -0.1) is 0 Å². The maximum atomic E-state index is 5.13. The van der Waals surface area contributed by atoms with Crippen LogP contribution < -0.4 is 74.1 Å². The van der Waals surface area contributed by atoms with Crippen molar-refractivity contribution in [1.29, 1.82) is 0 Å². The van der Waals surface area contributed by atoms with Crippen molar-refractivity contribution in [2.24, 2.45) is 0 Å². The number of rotatable bonds is 11. The van der Waals surface area contributed by atoms with Crippen LogP contribution in [0.4, 0.5) is 11.6 Å². The zero-order valence-corrected chi connectivity index (χ0v) is 43.1. The molecule has 1 aromatic heterocycles. The predicted octanol–water partition coefficient (Wildman–Crippen LogP) is 3.20. The summed E-state index contributed by atoms with van der Waals surface area (Å²) in [6.45, 7) is 9.35. The summed E-state index contributed by atoms with van der Waals surface area (Å²) in [6, 6.07) is 80.0. The van der Waals surface area contributed by atoms with E-state index in [1.54, 1.807) is 6.92 Å². The van der Waals surface area contributed by atoms with Crippen LogP contribution in [0.2, 0.25) is 0 Å². The fraction of sp³-hybridized carbons (Fsp3) is 0.0769. The van der Waals surface area contributed by atoms with Crippen molar-refractivity contribution in [3.05, 3.63) is 248 Å². The Kier molecular flexibility index (Phi) is 32.9. The van der Waals surface area contributed by atoms with Crippen LogP contribution in [0.15, 0.2) is 231 Å². The third-order valence-electron chi connectivity index (χ3n) is 8.59. The standard InChI is InChI=1S/C29H24N3P2.C14H15P.C7H8.C2H5.Al.3ClH.Cr/c1-5-14-24(15-6-1)33(25-16-7-2-8-17-25)31-28-22-13-23-29(30-28)32-34(26-18-9-3-10-19-26)27-20-11-4-12-21-27;1-2-15(13-9-5-3-6-10-13)14-11-7-4-8-12-14;1-7-5-3-2-4-6-7;1-2;;;;;/h1-23H,(H-,30,31,32);3-12H,2H2,1H3;2-6H,1H3;1H2,2H3;;3*1H;/q-1;;;-1;+3;;;;+2/p-3. The number of hydrogen-bond donors (Lipinski definition) is 1. The summed E-state index contributed by atoms with van der Waals surface area (Å²) in [4.78, 5) is 4.91. The summed E-state index contributed by atoms with van der Waals surface area (Å²) in [5.41, 5.74) is 1.32. The Bertz CT molecular complexity index is 2060. The van der Waals surface area contributed by atoms with Gasteiger partial charge in [-0.25, -0.2) is 0 Å². The number of benzene rings is 7.